The fourth-order valence-electron chi connectivity index (χ4n) is 4.25. The monoisotopic (exact) mass is 457 g/mol. The number of hydrogen-bond donors (Lipinski definition) is 1. The van der Waals surface area contributed by atoms with Crippen LogP contribution in [-0.2, 0) is 20.1 Å². The van der Waals surface area contributed by atoms with Crippen LogP contribution in [-0.4, -0.2) is 73.7 Å². The number of carbonyl (C=O) groups is 1. The molecule has 0 bridgehead atoms. The molecule has 0 atom stereocenters. The Kier molecular flexibility index (Phi) is 6.04. The van der Waals surface area contributed by atoms with Gasteiger partial charge in [0.05, 0.1) is 30.4 Å². The number of benzene rings is 1. The number of pyridine rings is 1. The number of fused-ring (bicyclic) bond motifs is 1. The van der Waals surface area contributed by atoms with Gasteiger partial charge in [0.25, 0.3) is 0 Å². The third-order valence-corrected chi connectivity index (χ3v) is 6.37. The van der Waals surface area contributed by atoms with Crippen molar-refractivity contribution in [2.75, 3.05) is 38.1 Å². The number of hydrogen-bond acceptors (Lipinski definition) is 8. The summed E-state index contributed by atoms with van der Waals surface area (Å²) in [6.45, 7) is 3.64. The Bertz CT molecular complexity index is 1340. The van der Waals surface area contributed by atoms with Gasteiger partial charge in [0.1, 0.15) is 11.6 Å². The van der Waals surface area contributed by atoms with Crippen LogP contribution in [0.1, 0.15) is 21.9 Å². The summed E-state index contributed by atoms with van der Waals surface area (Å²) in [6.07, 6.45) is 5.29. The second kappa shape index (κ2) is 9.28. The van der Waals surface area contributed by atoms with Crippen molar-refractivity contribution in [1.29, 1.82) is 0 Å². The highest BCUT2D eigenvalue weighted by molar-refractivity contribution is 5.98. The number of ketones is 1. The molecule has 1 aromatic carbocycles. The van der Waals surface area contributed by atoms with Crippen LogP contribution in [0.2, 0.25) is 0 Å². The maximum atomic E-state index is 13.0. The average Bonchev–Trinajstić information content (AvgIpc) is 3.24. The molecule has 9 heteroatoms. The molecular formula is C25H27N7O2. The van der Waals surface area contributed by atoms with Crippen molar-refractivity contribution in [2.24, 2.45) is 7.05 Å². The SMILES string of the molecule is CN1CCN(c2cc(C(=O)Cc3ncc4ccc(-c5cnn(C)c5CO)cc4n3)ccn2)CC1. The van der Waals surface area contributed by atoms with Gasteiger partial charge in [-0.2, -0.15) is 5.10 Å². The first kappa shape index (κ1) is 22.1. The van der Waals surface area contributed by atoms with E-state index in [1.807, 2.05) is 24.3 Å². The number of carbonyl (C=O) groups excluding carboxylic acids is 1. The fourth-order valence-corrected chi connectivity index (χ4v) is 4.25. The standard InChI is InChI=1S/C25H27N7O2/c1-30-7-9-32(10-8-30)25-12-18(5-6-26-25)23(34)13-24-27-14-19-4-3-17(11-21(19)29-24)20-15-28-31(2)22(20)16-33/h3-6,11-12,14-15,33H,7-10,13,16H2,1-2H3. The van der Waals surface area contributed by atoms with Gasteiger partial charge in [-0.25, -0.2) is 15.0 Å². The lowest BCUT2D eigenvalue weighted by atomic mass is 10.0. The van der Waals surface area contributed by atoms with Crippen molar-refractivity contribution in [2.45, 2.75) is 13.0 Å². The highest BCUT2D eigenvalue weighted by Gasteiger charge is 2.18. The lowest BCUT2D eigenvalue weighted by Crippen LogP contribution is -2.44. The number of aromatic nitrogens is 5. The number of anilines is 1. The van der Waals surface area contributed by atoms with E-state index in [4.69, 9.17) is 0 Å². The molecule has 0 spiro atoms. The van der Waals surface area contributed by atoms with Gasteiger partial charge in [-0.05, 0) is 30.8 Å². The highest BCUT2D eigenvalue weighted by atomic mass is 16.3. The lowest BCUT2D eigenvalue weighted by Gasteiger charge is -2.33. The van der Waals surface area contributed by atoms with Gasteiger partial charge in [0.2, 0.25) is 0 Å². The molecule has 1 N–H and O–H groups in total. The minimum Gasteiger partial charge on any atom is -0.390 e. The van der Waals surface area contributed by atoms with Crippen LogP contribution < -0.4 is 4.90 Å². The van der Waals surface area contributed by atoms with Crippen molar-refractivity contribution in [3.05, 3.63) is 66.0 Å². The molecule has 4 heterocycles. The molecule has 174 valence electrons. The van der Waals surface area contributed by atoms with E-state index < -0.39 is 0 Å². The Morgan fingerprint density at radius 3 is 2.65 bits per heavy atom. The van der Waals surface area contributed by atoms with E-state index in [-0.39, 0.29) is 18.8 Å². The number of piperazine rings is 1. The van der Waals surface area contributed by atoms with E-state index in [1.165, 1.54) is 0 Å². The molecule has 3 aromatic heterocycles. The summed E-state index contributed by atoms with van der Waals surface area (Å²) in [5.74, 6) is 1.27. The highest BCUT2D eigenvalue weighted by Crippen LogP contribution is 2.26. The zero-order valence-corrected chi connectivity index (χ0v) is 19.3. The van der Waals surface area contributed by atoms with E-state index in [0.29, 0.717) is 11.4 Å². The Morgan fingerprint density at radius 2 is 1.85 bits per heavy atom. The Balaban J connectivity index is 1.37. The molecule has 5 rings (SSSR count). The normalized spacial score (nSPS) is 14.6. The maximum Gasteiger partial charge on any atom is 0.170 e. The number of aliphatic hydroxyl groups excluding tert-OH is 1. The summed E-state index contributed by atoms with van der Waals surface area (Å²) in [7, 11) is 3.91. The van der Waals surface area contributed by atoms with Crippen LogP contribution in [0.5, 0.6) is 0 Å². The smallest absolute Gasteiger partial charge is 0.170 e. The third kappa shape index (κ3) is 4.40. The van der Waals surface area contributed by atoms with E-state index in [2.05, 4.69) is 36.9 Å². The van der Waals surface area contributed by atoms with Gasteiger partial charge in [-0.3, -0.25) is 9.48 Å². The number of aliphatic hydroxyl groups is 1. The van der Waals surface area contributed by atoms with Crippen molar-refractivity contribution >= 4 is 22.5 Å². The van der Waals surface area contributed by atoms with Crippen LogP contribution >= 0.6 is 0 Å². The van der Waals surface area contributed by atoms with E-state index in [9.17, 15) is 9.90 Å². The molecule has 1 aliphatic heterocycles. The molecule has 0 amide bonds. The van der Waals surface area contributed by atoms with Crippen LogP contribution in [0.3, 0.4) is 0 Å². The van der Waals surface area contributed by atoms with E-state index in [1.54, 1.807) is 36.4 Å². The summed E-state index contributed by atoms with van der Waals surface area (Å²) in [5, 5.41) is 14.8. The number of nitrogens with zero attached hydrogens (tertiary/aromatic N) is 7. The summed E-state index contributed by atoms with van der Waals surface area (Å²) in [6, 6.07) is 9.46. The zero-order valence-electron chi connectivity index (χ0n) is 19.3. The summed E-state index contributed by atoms with van der Waals surface area (Å²) in [5.41, 5.74) is 3.86. The Hall–Kier alpha value is -3.69. The zero-order chi connectivity index (χ0) is 23.7. The minimum atomic E-state index is -0.102. The van der Waals surface area contributed by atoms with Crippen LogP contribution in [0.4, 0.5) is 5.82 Å². The van der Waals surface area contributed by atoms with Crippen molar-refractivity contribution in [3.63, 3.8) is 0 Å². The fraction of sp³-hybridized carbons (Fsp3) is 0.320. The van der Waals surface area contributed by atoms with Gasteiger partial charge in [0.15, 0.2) is 5.78 Å². The molecule has 9 nitrogen and oxygen atoms in total. The predicted octanol–water partition coefficient (Wildman–Crippen LogP) is 2.09. The topological polar surface area (TPSA) is 100 Å². The number of rotatable bonds is 6. The largest absolute Gasteiger partial charge is 0.390 e. The van der Waals surface area contributed by atoms with Crippen LogP contribution in [0, 0.1) is 0 Å². The number of aryl methyl sites for hydroxylation is 1. The molecule has 34 heavy (non-hydrogen) atoms. The van der Waals surface area contributed by atoms with Gasteiger partial charge >= 0.3 is 0 Å². The molecule has 0 aliphatic carbocycles. The molecule has 1 aliphatic rings. The molecular weight excluding hydrogens is 430 g/mol. The molecule has 0 unspecified atom stereocenters. The third-order valence-electron chi connectivity index (χ3n) is 6.37. The van der Waals surface area contributed by atoms with E-state index in [0.717, 1.165) is 59.7 Å². The van der Waals surface area contributed by atoms with Crippen molar-refractivity contribution in [1.82, 2.24) is 29.6 Å². The van der Waals surface area contributed by atoms with Gasteiger partial charge in [0, 0.05) is 62.1 Å². The summed E-state index contributed by atoms with van der Waals surface area (Å²) < 4.78 is 1.66. The summed E-state index contributed by atoms with van der Waals surface area (Å²) in [4.78, 5) is 31.1. The molecule has 0 radical (unpaired) electrons. The average molecular weight is 458 g/mol. The van der Waals surface area contributed by atoms with Gasteiger partial charge < -0.3 is 14.9 Å². The van der Waals surface area contributed by atoms with E-state index >= 15 is 0 Å². The maximum absolute atomic E-state index is 13.0. The molecule has 0 saturated carbocycles. The number of likely N-dealkylation sites (N-methyl/N-ethyl adjacent to an activating group) is 1. The Morgan fingerprint density at radius 1 is 1.03 bits per heavy atom. The van der Waals surface area contributed by atoms with Gasteiger partial charge in [-0.1, -0.05) is 12.1 Å². The molecule has 1 fully saturated rings. The Labute approximate surface area is 197 Å². The molecule has 1 saturated heterocycles. The van der Waals surface area contributed by atoms with Crippen molar-refractivity contribution < 1.29 is 9.90 Å². The quantitative estimate of drug-likeness (QED) is 0.440. The van der Waals surface area contributed by atoms with Crippen LogP contribution in [0.15, 0.2) is 48.9 Å². The van der Waals surface area contributed by atoms with Crippen molar-refractivity contribution in [3.8, 4) is 11.1 Å². The first-order valence-corrected chi connectivity index (χ1v) is 11.3. The summed E-state index contributed by atoms with van der Waals surface area (Å²) >= 11 is 0. The minimum absolute atomic E-state index is 0.0388. The lowest BCUT2D eigenvalue weighted by molar-refractivity contribution is 0.0990. The first-order valence-electron chi connectivity index (χ1n) is 11.3. The predicted molar refractivity (Wildman–Crippen MR) is 130 cm³/mol. The second-order valence-electron chi connectivity index (χ2n) is 8.64. The molecule has 4 aromatic rings. The first-order chi connectivity index (χ1) is 16.5. The van der Waals surface area contributed by atoms with Crippen LogP contribution in [0.25, 0.3) is 22.0 Å². The number of Topliss-reactive ketones (excluding diaryl/α,β-unsaturated/α-hetero) is 1. The second-order valence-corrected chi connectivity index (χ2v) is 8.64. The van der Waals surface area contributed by atoms with Gasteiger partial charge in [-0.15, -0.1) is 0 Å².